The maximum absolute atomic E-state index is 5.91. The lowest BCUT2D eigenvalue weighted by Crippen LogP contribution is -2.04. The highest BCUT2D eigenvalue weighted by atomic mass is 16.5. The molecule has 0 saturated carbocycles. The van der Waals surface area contributed by atoms with E-state index >= 15 is 0 Å². The van der Waals surface area contributed by atoms with Gasteiger partial charge in [-0.15, -0.1) is 0 Å². The Hall–Kier alpha value is -2.16. The van der Waals surface area contributed by atoms with E-state index in [2.05, 4.69) is 43.4 Å². The number of unbranched alkanes of at least 4 members (excludes halogenated alkanes) is 4. The zero-order chi connectivity index (χ0) is 18.5. The molecule has 26 heavy (non-hydrogen) atoms. The summed E-state index contributed by atoms with van der Waals surface area (Å²) in [6.07, 6.45) is 7.12. The van der Waals surface area contributed by atoms with Crippen molar-refractivity contribution in [2.45, 2.75) is 58.9 Å². The molecular formula is C23H33NO2. The third-order valence-electron chi connectivity index (χ3n) is 4.31. The second-order valence-corrected chi connectivity index (χ2v) is 6.60. The standard InChI is InChI=1S/C23H33NO2/c1-3-5-7-10-17-25-22-14-11-13-21(18-22)24-19-20-12-8-9-15-23(20)26-16-6-4-2/h8-9,11-15,18,24H,3-7,10,16-17,19H2,1-2H3. The lowest BCUT2D eigenvalue weighted by Gasteiger charge is -2.13. The molecule has 3 heteroatoms. The van der Waals surface area contributed by atoms with E-state index in [4.69, 9.17) is 9.47 Å². The Morgan fingerprint density at radius 1 is 0.769 bits per heavy atom. The second kappa shape index (κ2) is 12.2. The van der Waals surface area contributed by atoms with Crippen LogP contribution in [0.15, 0.2) is 48.5 Å². The summed E-state index contributed by atoms with van der Waals surface area (Å²) in [5.74, 6) is 1.90. The number of hydrogen-bond donors (Lipinski definition) is 1. The van der Waals surface area contributed by atoms with Gasteiger partial charge in [0, 0.05) is 23.9 Å². The minimum absolute atomic E-state index is 0.738. The van der Waals surface area contributed by atoms with Crippen molar-refractivity contribution in [2.24, 2.45) is 0 Å². The van der Waals surface area contributed by atoms with Gasteiger partial charge in [-0.3, -0.25) is 0 Å². The quantitative estimate of drug-likeness (QED) is 0.420. The predicted octanol–water partition coefficient (Wildman–Crippen LogP) is 6.44. The fourth-order valence-electron chi connectivity index (χ4n) is 2.73. The molecular weight excluding hydrogens is 322 g/mol. The largest absolute Gasteiger partial charge is 0.494 e. The molecule has 2 aromatic carbocycles. The Morgan fingerprint density at radius 3 is 2.42 bits per heavy atom. The molecule has 0 atom stereocenters. The third-order valence-corrected chi connectivity index (χ3v) is 4.31. The second-order valence-electron chi connectivity index (χ2n) is 6.60. The summed E-state index contributed by atoms with van der Waals surface area (Å²) in [7, 11) is 0. The number of rotatable bonds is 13. The summed E-state index contributed by atoms with van der Waals surface area (Å²) >= 11 is 0. The van der Waals surface area contributed by atoms with Crippen LogP contribution in [0.4, 0.5) is 5.69 Å². The molecule has 0 radical (unpaired) electrons. The predicted molar refractivity (Wildman–Crippen MR) is 110 cm³/mol. The van der Waals surface area contributed by atoms with Gasteiger partial charge in [0.1, 0.15) is 11.5 Å². The highest BCUT2D eigenvalue weighted by molar-refractivity contribution is 5.49. The van der Waals surface area contributed by atoms with Crippen LogP contribution in [-0.4, -0.2) is 13.2 Å². The van der Waals surface area contributed by atoms with Crippen LogP contribution in [-0.2, 0) is 6.54 Å². The zero-order valence-electron chi connectivity index (χ0n) is 16.3. The van der Waals surface area contributed by atoms with Gasteiger partial charge in [-0.1, -0.05) is 63.8 Å². The Kier molecular flexibility index (Phi) is 9.48. The van der Waals surface area contributed by atoms with Crippen molar-refractivity contribution < 1.29 is 9.47 Å². The van der Waals surface area contributed by atoms with Crippen LogP contribution in [0.1, 0.15) is 57.9 Å². The summed E-state index contributed by atoms with van der Waals surface area (Å²) in [4.78, 5) is 0. The maximum atomic E-state index is 5.91. The minimum Gasteiger partial charge on any atom is -0.494 e. The molecule has 0 bridgehead atoms. The van der Waals surface area contributed by atoms with Crippen LogP contribution >= 0.6 is 0 Å². The first-order valence-corrected chi connectivity index (χ1v) is 10.0. The van der Waals surface area contributed by atoms with Crippen molar-refractivity contribution >= 4 is 5.69 Å². The molecule has 0 spiro atoms. The zero-order valence-corrected chi connectivity index (χ0v) is 16.3. The first-order valence-electron chi connectivity index (χ1n) is 10.0. The van der Waals surface area contributed by atoms with E-state index in [9.17, 15) is 0 Å². The lowest BCUT2D eigenvalue weighted by atomic mass is 10.2. The molecule has 0 aliphatic carbocycles. The number of hydrogen-bond acceptors (Lipinski definition) is 3. The summed E-state index contributed by atoms with van der Waals surface area (Å²) < 4.78 is 11.8. The van der Waals surface area contributed by atoms with E-state index < -0.39 is 0 Å². The van der Waals surface area contributed by atoms with Crippen molar-refractivity contribution in [3.8, 4) is 11.5 Å². The Bertz CT molecular complexity index is 627. The van der Waals surface area contributed by atoms with Crippen LogP contribution in [0.25, 0.3) is 0 Å². The molecule has 2 aromatic rings. The fourth-order valence-corrected chi connectivity index (χ4v) is 2.73. The minimum atomic E-state index is 0.738. The molecule has 0 heterocycles. The van der Waals surface area contributed by atoms with E-state index in [0.717, 1.165) is 56.2 Å². The average Bonchev–Trinajstić information content (AvgIpc) is 2.68. The van der Waals surface area contributed by atoms with E-state index in [1.54, 1.807) is 0 Å². The average molecular weight is 356 g/mol. The summed E-state index contributed by atoms with van der Waals surface area (Å²) in [6, 6.07) is 16.4. The molecule has 0 unspecified atom stereocenters. The third kappa shape index (κ3) is 7.38. The van der Waals surface area contributed by atoms with Crippen LogP contribution in [0.5, 0.6) is 11.5 Å². The molecule has 2 rings (SSSR count). The maximum Gasteiger partial charge on any atom is 0.124 e. The van der Waals surface area contributed by atoms with Crippen molar-refractivity contribution in [1.29, 1.82) is 0 Å². The summed E-state index contributed by atoms with van der Waals surface area (Å²) in [6.45, 7) is 6.70. The van der Waals surface area contributed by atoms with Gasteiger partial charge in [0.05, 0.1) is 13.2 Å². The van der Waals surface area contributed by atoms with Gasteiger partial charge in [0.2, 0.25) is 0 Å². The number of nitrogens with one attached hydrogen (secondary N) is 1. The van der Waals surface area contributed by atoms with E-state index in [1.165, 1.54) is 24.8 Å². The van der Waals surface area contributed by atoms with Gasteiger partial charge in [0.15, 0.2) is 0 Å². The molecule has 0 fully saturated rings. The molecule has 142 valence electrons. The highest BCUT2D eigenvalue weighted by Crippen LogP contribution is 2.22. The van der Waals surface area contributed by atoms with Gasteiger partial charge in [0.25, 0.3) is 0 Å². The monoisotopic (exact) mass is 355 g/mol. The Morgan fingerprint density at radius 2 is 1.58 bits per heavy atom. The van der Waals surface area contributed by atoms with Crippen LogP contribution in [0.2, 0.25) is 0 Å². The first kappa shape index (κ1) is 20.2. The van der Waals surface area contributed by atoms with Gasteiger partial charge in [-0.2, -0.15) is 0 Å². The van der Waals surface area contributed by atoms with E-state index in [0.29, 0.717) is 0 Å². The Labute approximate surface area is 158 Å². The SMILES string of the molecule is CCCCCCOc1cccc(NCc2ccccc2OCCCC)c1. The molecule has 3 nitrogen and oxygen atoms in total. The van der Waals surface area contributed by atoms with Crippen molar-refractivity contribution in [3.63, 3.8) is 0 Å². The first-order chi connectivity index (χ1) is 12.8. The van der Waals surface area contributed by atoms with E-state index in [-0.39, 0.29) is 0 Å². The van der Waals surface area contributed by atoms with Gasteiger partial charge in [-0.05, 0) is 31.0 Å². The normalized spacial score (nSPS) is 10.5. The number of ether oxygens (including phenoxy) is 2. The molecule has 0 aliphatic rings. The lowest BCUT2D eigenvalue weighted by molar-refractivity contribution is 0.305. The van der Waals surface area contributed by atoms with Gasteiger partial charge < -0.3 is 14.8 Å². The molecule has 0 amide bonds. The van der Waals surface area contributed by atoms with Gasteiger partial charge in [-0.25, -0.2) is 0 Å². The number of benzene rings is 2. The van der Waals surface area contributed by atoms with Crippen molar-refractivity contribution in [2.75, 3.05) is 18.5 Å². The van der Waals surface area contributed by atoms with Crippen molar-refractivity contribution in [3.05, 3.63) is 54.1 Å². The Balaban J connectivity index is 1.84. The molecule has 0 aromatic heterocycles. The summed E-state index contributed by atoms with van der Waals surface area (Å²) in [5, 5.41) is 3.48. The van der Waals surface area contributed by atoms with Crippen LogP contribution in [0.3, 0.4) is 0 Å². The topological polar surface area (TPSA) is 30.5 Å². The summed E-state index contributed by atoms with van der Waals surface area (Å²) in [5.41, 5.74) is 2.24. The van der Waals surface area contributed by atoms with Crippen molar-refractivity contribution in [1.82, 2.24) is 0 Å². The molecule has 1 N–H and O–H groups in total. The smallest absolute Gasteiger partial charge is 0.124 e. The molecule has 0 saturated heterocycles. The van der Waals surface area contributed by atoms with Gasteiger partial charge >= 0.3 is 0 Å². The number of anilines is 1. The van der Waals surface area contributed by atoms with E-state index in [1.807, 2.05) is 24.3 Å². The number of para-hydroxylation sites is 1. The fraction of sp³-hybridized carbons (Fsp3) is 0.478. The highest BCUT2D eigenvalue weighted by Gasteiger charge is 2.04. The molecule has 0 aliphatic heterocycles. The van der Waals surface area contributed by atoms with Crippen LogP contribution in [0, 0.1) is 0 Å². The van der Waals surface area contributed by atoms with Crippen LogP contribution < -0.4 is 14.8 Å².